The van der Waals surface area contributed by atoms with E-state index in [2.05, 4.69) is 188 Å². The highest BCUT2D eigenvalue weighted by Gasteiger charge is 2.53. The van der Waals surface area contributed by atoms with Gasteiger partial charge in [-0.3, -0.25) is 0 Å². The molecule has 3 heteroatoms. The van der Waals surface area contributed by atoms with Crippen LogP contribution in [0.1, 0.15) is 22.3 Å². The lowest BCUT2D eigenvalue weighted by molar-refractivity contribution is 0.801. The van der Waals surface area contributed by atoms with Crippen LogP contribution in [-0.2, 0) is 5.41 Å². The summed E-state index contributed by atoms with van der Waals surface area (Å²) in [5, 5.41) is 2.23. The summed E-state index contributed by atoms with van der Waals surface area (Å²) < 4.78 is 0. The Labute approximate surface area is 330 Å². The Morgan fingerprint density at radius 3 is 1.51 bits per heavy atom. The molecule has 0 amide bonds. The molecule has 10 aromatic rings. The number of para-hydroxylation sites is 2. The average Bonchev–Trinajstić information content (AvgIpc) is 3.77. The van der Waals surface area contributed by atoms with E-state index in [4.69, 9.17) is 15.0 Å². The smallest absolute Gasteiger partial charge is 0.160 e. The van der Waals surface area contributed by atoms with Gasteiger partial charge in [0.2, 0.25) is 0 Å². The molecule has 0 saturated carbocycles. The molecule has 0 N–H and O–H groups in total. The maximum atomic E-state index is 5.41. The molecule has 0 fully saturated rings. The minimum absolute atomic E-state index is 0.535. The van der Waals surface area contributed by atoms with Crippen LogP contribution in [0.4, 0.5) is 0 Å². The van der Waals surface area contributed by atoms with Gasteiger partial charge in [0.15, 0.2) is 5.82 Å². The molecule has 0 radical (unpaired) electrons. The van der Waals surface area contributed by atoms with Gasteiger partial charge >= 0.3 is 0 Å². The zero-order valence-corrected chi connectivity index (χ0v) is 30.9. The van der Waals surface area contributed by atoms with Crippen molar-refractivity contribution in [3.63, 3.8) is 0 Å². The Bertz CT molecular complexity index is 3220. The molecule has 12 rings (SSSR count). The van der Waals surface area contributed by atoms with Gasteiger partial charge in [0.1, 0.15) is 0 Å². The molecule has 57 heavy (non-hydrogen) atoms. The second-order valence-corrected chi connectivity index (χ2v) is 15.0. The molecular formula is C54H33N3. The third kappa shape index (κ3) is 4.51. The van der Waals surface area contributed by atoms with Crippen molar-refractivity contribution >= 4 is 21.8 Å². The molecule has 8 aromatic carbocycles. The standard InChI is InChI=1S/C54H33N3/c1-3-16-35(17-4-1)51-42-23-10-14-29-47(42)56-53(57-51)37-32-30-34(31-33-37)38-24-15-27-45-48(38)39-20-7-11-25-43(39)54(45)44-26-12-8-21-40(44)49-50(54)41-22-9-13-28-46(41)55-52(49)36-18-5-2-6-19-36/h1-33H. The third-order valence-electron chi connectivity index (χ3n) is 12.1. The van der Waals surface area contributed by atoms with E-state index in [9.17, 15) is 0 Å². The van der Waals surface area contributed by atoms with Gasteiger partial charge in [0.05, 0.1) is 27.8 Å². The van der Waals surface area contributed by atoms with Crippen molar-refractivity contribution < 1.29 is 0 Å². The molecule has 2 aromatic heterocycles. The zero-order chi connectivity index (χ0) is 37.5. The highest BCUT2D eigenvalue weighted by Crippen LogP contribution is 2.66. The molecule has 1 spiro atoms. The first-order valence-corrected chi connectivity index (χ1v) is 19.5. The number of nitrogens with zero attached hydrogens (tertiary/aromatic N) is 3. The fraction of sp³-hybridized carbons (Fsp3) is 0.0185. The van der Waals surface area contributed by atoms with Gasteiger partial charge in [0.25, 0.3) is 0 Å². The largest absolute Gasteiger partial charge is 0.247 e. The van der Waals surface area contributed by atoms with Crippen molar-refractivity contribution in [1.29, 1.82) is 0 Å². The van der Waals surface area contributed by atoms with Crippen LogP contribution in [0.2, 0.25) is 0 Å². The van der Waals surface area contributed by atoms with E-state index in [0.717, 1.165) is 55.9 Å². The number of pyridine rings is 1. The maximum Gasteiger partial charge on any atom is 0.160 e. The summed E-state index contributed by atoms with van der Waals surface area (Å²) in [4.78, 5) is 15.6. The van der Waals surface area contributed by atoms with Gasteiger partial charge in [-0.05, 0) is 62.2 Å². The van der Waals surface area contributed by atoms with E-state index in [0.29, 0.717) is 0 Å². The summed E-state index contributed by atoms with van der Waals surface area (Å²) in [5.41, 5.74) is 19.2. The van der Waals surface area contributed by atoms with Gasteiger partial charge in [-0.2, -0.15) is 0 Å². The highest BCUT2D eigenvalue weighted by atomic mass is 14.9. The fourth-order valence-corrected chi connectivity index (χ4v) is 9.78. The van der Waals surface area contributed by atoms with E-state index in [-0.39, 0.29) is 0 Å². The summed E-state index contributed by atoms with van der Waals surface area (Å²) in [6.07, 6.45) is 0. The van der Waals surface area contributed by atoms with Gasteiger partial charge in [-0.15, -0.1) is 0 Å². The molecule has 2 heterocycles. The Kier molecular flexibility index (Phi) is 6.84. The van der Waals surface area contributed by atoms with Crippen molar-refractivity contribution in [2.75, 3.05) is 0 Å². The minimum Gasteiger partial charge on any atom is -0.247 e. The van der Waals surface area contributed by atoms with E-state index in [1.54, 1.807) is 0 Å². The van der Waals surface area contributed by atoms with Crippen LogP contribution >= 0.6 is 0 Å². The van der Waals surface area contributed by atoms with Crippen LogP contribution < -0.4 is 0 Å². The number of hydrogen-bond donors (Lipinski definition) is 0. The molecule has 0 saturated heterocycles. The van der Waals surface area contributed by atoms with Crippen molar-refractivity contribution in [2.24, 2.45) is 0 Å². The molecule has 3 nitrogen and oxygen atoms in total. The van der Waals surface area contributed by atoms with Crippen molar-refractivity contribution in [3.8, 4) is 67.3 Å². The van der Waals surface area contributed by atoms with E-state index in [1.807, 2.05) is 12.1 Å². The normalized spacial score (nSPS) is 14.7. The zero-order valence-electron chi connectivity index (χ0n) is 30.9. The third-order valence-corrected chi connectivity index (χ3v) is 12.1. The van der Waals surface area contributed by atoms with Gasteiger partial charge < -0.3 is 0 Å². The molecule has 264 valence electrons. The Morgan fingerprint density at radius 2 is 0.807 bits per heavy atom. The summed E-state index contributed by atoms with van der Waals surface area (Å²) >= 11 is 0. The first-order valence-electron chi connectivity index (χ1n) is 19.5. The van der Waals surface area contributed by atoms with Crippen molar-refractivity contribution in [2.45, 2.75) is 5.41 Å². The Morgan fingerprint density at radius 1 is 0.298 bits per heavy atom. The predicted molar refractivity (Wildman–Crippen MR) is 233 cm³/mol. The molecule has 0 bridgehead atoms. The molecule has 1 atom stereocenters. The number of aromatic nitrogens is 3. The lowest BCUT2D eigenvalue weighted by atomic mass is 9.69. The second-order valence-electron chi connectivity index (χ2n) is 15.0. The van der Waals surface area contributed by atoms with Gasteiger partial charge in [-0.25, -0.2) is 15.0 Å². The Hall–Kier alpha value is -7.49. The summed E-state index contributed by atoms with van der Waals surface area (Å²) in [7, 11) is 0. The summed E-state index contributed by atoms with van der Waals surface area (Å²) in [5.74, 6) is 0.718. The van der Waals surface area contributed by atoms with Crippen molar-refractivity contribution in [1.82, 2.24) is 15.0 Å². The predicted octanol–water partition coefficient (Wildman–Crippen LogP) is 13.2. The van der Waals surface area contributed by atoms with Gasteiger partial charge in [-0.1, -0.05) is 188 Å². The highest BCUT2D eigenvalue weighted by molar-refractivity contribution is 6.08. The molecule has 1 unspecified atom stereocenters. The Balaban J connectivity index is 1.09. The SMILES string of the molecule is c1ccc(-c2nc3ccccc3c3c2-c2ccccc2C32c3ccccc3-c3c(-c4ccc(-c5nc(-c6ccccc6)c6ccccc6n5)cc4)cccc32)cc1. The van der Waals surface area contributed by atoms with Crippen LogP contribution in [0.3, 0.4) is 0 Å². The van der Waals surface area contributed by atoms with Crippen LogP contribution in [0.5, 0.6) is 0 Å². The van der Waals surface area contributed by atoms with Crippen LogP contribution in [0.25, 0.3) is 89.1 Å². The van der Waals surface area contributed by atoms with E-state index in [1.165, 1.54) is 55.5 Å². The summed E-state index contributed by atoms with van der Waals surface area (Å²) in [6, 6.07) is 71.9. The second kappa shape index (κ2) is 12.3. The van der Waals surface area contributed by atoms with E-state index >= 15 is 0 Å². The fourth-order valence-electron chi connectivity index (χ4n) is 9.78. The molecule has 2 aliphatic carbocycles. The molecule has 0 aliphatic heterocycles. The van der Waals surface area contributed by atoms with Crippen LogP contribution in [-0.4, -0.2) is 15.0 Å². The first-order chi connectivity index (χ1) is 28.3. The number of benzene rings is 8. The monoisotopic (exact) mass is 723 g/mol. The lowest BCUT2D eigenvalue weighted by Gasteiger charge is -2.31. The average molecular weight is 724 g/mol. The van der Waals surface area contributed by atoms with Crippen LogP contribution in [0, 0.1) is 0 Å². The number of rotatable bonds is 4. The maximum absolute atomic E-state index is 5.41. The molecular weight excluding hydrogens is 691 g/mol. The number of fused-ring (bicyclic) bond motifs is 13. The molecule has 2 aliphatic rings. The minimum atomic E-state index is -0.535. The van der Waals surface area contributed by atoms with Gasteiger partial charge in [0, 0.05) is 33.0 Å². The first kappa shape index (κ1) is 31.8. The van der Waals surface area contributed by atoms with Crippen molar-refractivity contribution in [3.05, 3.63) is 222 Å². The summed E-state index contributed by atoms with van der Waals surface area (Å²) in [6.45, 7) is 0. The van der Waals surface area contributed by atoms with Crippen LogP contribution in [0.15, 0.2) is 200 Å². The quantitative estimate of drug-likeness (QED) is 0.181. The van der Waals surface area contributed by atoms with E-state index < -0.39 is 5.41 Å². The number of hydrogen-bond acceptors (Lipinski definition) is 3. The lowest BCUT2D eigenvalue weighted by Crippen LogP contribution is -2.26. The topological polar surface area (TPSA) is 38.7 Å².